The van der Waals surface area contributed by atoms with Crippen LogP contribution in [-0.4, -0.2) is 62.3 Å². The number of benzene rings is 3. The summed E-state index contributed by atoms with van der Waals surface area (Å²) in [7, 11) is -0.288. The van der Waals surface area contributed by atoms with Gasteiger partial charge in [-0.25, -0.2) is 14.8 Å². The zero-order chi connectivity index (χ0) is 28.2. The van der Waals surface area contributed by atoms with Crippen LogP contribution in [0.2, 0.25) is 0 Å². The highest BCUT2D eigenvalue weighted by atomic mass is 16.5. The summed E-state index contributed by atoms with van der Waals surface area (Å²) >= 11 is 0. The first-order valence-corrected chi connectivity index (χ1v) is 13.3. The van der Waals surface area contributed by atoms with Gasteiger partial charge in [0.05, 0.1) is 52.8 Å². The molecule has 0 unspecified atom stereocenters. The van der Waals surface area contributed by atoms with Crippen LogP contribution in [0.3, 0.4) is 0 Å². The number of carbonyl (C=O) groups excluding carboxylic acids is 2. The molecule has 2 aliphatic heterocycles. The number of aryl methyl sites for hydroxylation is 1. The molecular weight excluding hydrogens is 523 g/mol. The number of para-hydroxylation sites is 1. The SMILES string of the molecule is COC(=O)N[C@H]1CCc2cccc3c2N(C1=O)[C@H](c1nc2ccc(-c4cnc5cc(B(O)O)ccc5n4)cc2[nH]1)C3. The van der Waals surface area contributed by atoms with Crippen LogP contribution in [0.15, 0.2) is 60.8 Å². The van der Waals surface area contributed by atoms with Crippen LogP contribution in [0.25, 0.3) is 33.3 Å². The summed E-state index contributed by atoms with van der Waals surface area (Å²) in [5, 5.41) is 21.6. The Kier molecular flexibility index (Phi) is 5.95. The van der Waals surface area contributed by atoms with Gasteiger partial charge in [-0.1, -0.05) is 30.3 Å². The van der Waals surface area contributed by atoms with E-state index in [0.717, 1.165) is 33.4 Å². The smallest absolute Gasteiger partial charge is 0.453 e. The average molecular weight is 548 g/mol. The molecule has 7 rings (SSSR count). The molecule has 12 heteroatoms. The lowest BCUT2D eigenvalue weighted by Gasteiger charge is -2.27. The van der Waals surface area contributed by atoms with E-state index in [1.54, 1.807) is 29.3 Å². The summed E-state index contributed by atoms with van der Waals surface area (Å²) in [5.41, 5.74) is 7.62. The lowest BCUT2D eigenvalue weighted by Crippen LogP contribution is -2.48. The monoisotopic (exact) mass is 548 g/mol. The third-order valence-electron chi connectivity index (χ3n) is 7.86. The van der Waals surface area contributed by atoms with Crippen LogP contribution in [0.1, 0.15) is 29.4 Å². The Morgan fingerprint density at radius 2 is 1.90 bits per heavy atom. The Balaban J connectivity index is 1.24. The minimum Gasteiger partial charge on any atom is -0.453 e. The van der Waals surface area contributed by atoms with Gasteiger partial charge >= 0.3 is 13.2 Å². The number of ether oxygens (including phenoxy) is 1. The number of hydrogen-bond donors (Lipinski definition) is 4. The van der Waals surface area contributed by atoms with Gasteiger partial charge in [-0.15, -0.1) is 0 Å². The molecule has 0 bridgehead atoms. The van der Waals surface area contributed by atoms with Crippen LogP contribution in [-0.2, 0) is 22.4 Å². The first-order valence-electron chi connectivity index (χ1n) is 13.3. The quantitative estimate of drug-likeness (QED) is 0.249. The highest BCUT2D eigenvalue weighted by Gasteiger charge is 2.43. The summed E-state index contributed by atoms with van der Waals surface area (Å²) in [6, 6.07) is 15.7. The zero-order valence-corrected chi connectivity index (χ0v) is 22.0. The number of aromatic nitrogens is 4. The van der Waals surface area contributed by atoms with Crippen molar-refractivity contribution in [3.63, 3.8) is 0 Å². The number of nitrogens with zero attached hydrogens (tertiary/aromatic N) is 4. The van der Waals surface area contributed by atoms with Crippen LogP contribution in [0, 0.1) is 0 Å². The molecule has 204 valence electrons. The highest BCUT2D eigenvalue weighted by molar-refractivity contribution is 6.58. The molecule has 2 atom stereocenters. The summed E-state index contributed by atoms with van der Waals surface area (Å²) in [6.45, 7) is 0. The molecule has 4 N–H and O–H groups in total. The maximum Gasteiger partial charge on any atom is 0.488 e. The summed E-state index contributed by atoms with van der Waals surface area (Å²) in [5.74, 6) is 0.472. The lowest BCUT2D eigenvalue weighted by molar-refractivity contribution is -0.121. The second kappa shape index (κ2) is 9.68. The number of carbonyl (C=O) groups is 2. The van der Waals surface area contributed by atoms with E-state index in [9.17, 15) is 19.6 Å². The summed E-state index contributed by atoms with van der Waals surface area (Å²) < 4.78 is 4.77. The summed E-state index contributed by atoms with van der Waals surface area (Å²) in [6.07, 6.45) is 2.75. The van der Waals surface area contributed by atoms with Crippen molar-refractivity contribution >= 4 is 52.3 Å². The Bertz CT molecular complexity index is 1860. The highest BCUT2D eigenvalue weighted by Crippen LogP contribution is 2.44. The number of imidazole rings is 1. The average Bonchev–Trinajstić information content (AvgIpc) is 3.56. The molecule has 0 radical (unpaired) electrons. The van der Waals surface area contributed by atoms with E-state index in [-0.39, 0.29) is 11.9 Å². The van der Waals surface area contributed by atoms with E-state index in [4.69, 9.17) is 14.7 Å². The van der Waals surface area contributed by atoms with Crippen LogP contribution in [0.5, 0.6) is 0 Å². The molecule has 5 aromatic rings. The first-order chi connectivity index (χ1) is 19.9. The van der Waals surface area contributed by atoms with Gasteiger partial charge in [-0.3, -0.25) is 14.7 Å². The van der Waals surface area contributed by atoms with Crippen molar-refractivity contribution in [3.8, 4) is 11.3 Å². The second-order valence-corrected chi connectivity index (χ2v) is 10.3. The zero-order valence-electron chi connectivity index (χ0n) is 22.0. The maximum absolute atomic E-state index is 13.8. The van der Waals surface area contributed by atoms with Gasteiger partial charge in [-0.05, 0) is 53.7 Å². The van der Waals surface area contributed by atoms with E-state index in [1.807, 2.05) is 36.4 Å². The number of nitrogens with one attached hydrogen (secondary N) is 2. The summed E-state index contributed by atoms with van der Waals surface area (Å²) in [4.78, 5) is 45.0. The minimum atomic E-state index is -1.57. The molecule has 4 heterocycles. The van der Waals surface area contributed by atoms with Gasteiger partial charge in [0.15, 0.2) is 0 Å². The molecular formula is C29H25BN6O5. The van der Waals surface area contributed by atoms with Crippen LogP contribution >= 0.6 is 0 Å². The predicted molar refractivity (Wildman–Crippen MR) is 152 cm³/mol. The molecule has 0 aliphatic carbocycles. The first kappa shape index (κ1) is 25.2. The van der Waals surface area contributed by atoms with Gasteiger partial charge in [0.1, 0.15) is 11.9 Å². The fraction of sp³-hybridized carbons (Fsp3) is 0.207. The van der Waals surface area contributed by atoms with Crippen molar-refractivity contribution in [1.29, 1.82) is 0 Å². The number of fused-ring (bicyclic) bond motifs is 2. The number of anilines is 1. The number of rotatable bonds is 4. The third-order valence-corrected chi connectivity index (χ3v) is 7.86. The number of amides is 2. The third kappa shape index (κ3) is 4.28. The van der Waals surface area contributed by atoms with Gasteiger partial charge in [0.2, 0.25) is 5.91 Å². The molecule has 2 amide bonds. The number of hydrogen-bond acceptors (Lipinski definition) is 8. The Labute approximate surface area is 234 Å². The molecule has 3 aromatic carbocycles. The molecule has 0 saturated heterocycles. The van der Waals surface area contributed by atoms with E-state index in [2.05, 4.69) is 15.3 Å². The number of H-pyrrole nitrogens is 1. The number of aromatic amines is 1. The molecule has 0 fully saturated rings. The van der Waals surface area contributed by atoms with E-state index in [0.29, 0.717) is 47.3 Å². The number of alkyl carbamates (subject to hydrolysis) is 1. The Morgan fingerprint density at radius 1 is 1.07 bits per heavy atom. The Morgan fingerprint density at radius 3 is 2.73 bits per heavy atom. The molecule has 41 heavy (non-hydrogen) atoms. The van der Waals surface area contributed by atoms with Crippen LogP contribution in [0.4, 0.5) is 10.5 Å². The maximum atomic E-state index is 13.8. The van der Waals surface area contributed by atoms with Crippen molar-refractivity contribution < 1.29 is 24.4 Å². The molecule has 11 nitrogen and oxygen atoms in total. The largest absolute Gasteiger partial charge is 0.488 e. The van der Waals surface area contributed by atoms with Gasteiger partial charge < -0.3 is 25.1 Å². The predicted octanol–water partition coefficient (Wildman–Crippen LogP) is 2.15. The minimum absolute atomic E-state index is 0.187. The fourth-order valence-corrected chi connectivity index (χ4v) is 5.86. The van der Waals surface area contributed by atoms with E-state index < -0.39 is 19.3 Å². The molecule has 0 spiro atoms. The lowest BCUT2D eigenvalue weighted by atomic mass is 9.80. The van der Waals surface area contributed by atoms with Crippen molar-refractivity contribution in [3.05, 3.63) is 77.7 Å². The fourth-order valence-electron chi connectivity index (χ4n) is 5.86. The topological polar surface area (TPSA) is 154 Å². The van der Waals surface area contributed by atoms with Crippen molar-refractivity contribution in [1.82, 2.24) is 25.3 Å². The van der Waals surface area contributed by atoms with E-state index >= 15 is 0 Å². The van der Waals surface area contributed by atoms with Gasteiger partial charge in [-0.2, -0.15) is 0 Å². The van der Waals surface area contributed by atoms with Crippen molar-refractivity contribution in [2.75, 3.05) is 12.0 Å². The van der Waals surface area contributed by atoms with Crippen LogP contribution < -0.4 is 15.7 Å². The molecule has 2 aromatic heterocycles. The standard InChI is InChI=1S/C29H25BN6O5/c1-41-29(38)35-21-9-5-15-3-2-4-17-12-25(36(26(15)17)28(21)37)27-33-20-8-6-16(11-23(20)34-27)24-14-31-22-13-18(30(39)40)7-10-19(22)32-24/h2-4,6-8,10-11,13-14,21,25,39-40H,5,9,12H2,1H3,(H,33,34)(H,35,38)/t21-,25-/m0/s1. The van der Waals surface area contributed by atoms with Gasteiger partial charge in [0.25, 0.3) is 0 Å². The van der Waals surface area contributed by atoms with Gasteiger partial charge in [0, 0.05) is 12.0 Å². The Hall–Kier alpha value is -4.81. The molecule has 2 aliphatic rings. The second-order valence-electron chi connectivity index (χ2n) is 10.3. The molecule has 0 saturated carbocycles. The van der Waals surface area contributed by atoms with Crippen molar-refractivity contribution in [2.45, 2.75) is 31.3 Å². The van der Waals surface area contributed by atoms with Crippen molar-refractivity contribution in [2.24, 2.45) is 0 Å². The van der Waals surface area contributed by atoms with E-state index in [1.165, 1.54) is 7.11 Å². The normalized spacial score (nSPS) is 17.9. The number of methoxy groups -OCH3 is 1.